The van der Waals surface area contributed by atoms with Crippen LogP contribution in [0.4, 0.5) is 27.5 Å². The lowest BCUT2D eigenvalue weighted by Gasteiger charge is -2.13. The van der Waals surface area contributed by atoms with Crippen molar-refractivity contribution in [3.05, 3.63) is 119 Å². The van der Waals surface area contributed by atoms with E-state index in [4.69, 9.17) is 0 Å². The summed E-state index contributed by atoms with van der Waals surface area (Å²) >= 11 is 0. The topological polar surface area (TPSA) is 249 Å². The van der Waals surface area contributed by atoms with Gasteiger partial charge in [-0.3, -0.25) is 29.3 Å². The Morgan fingerprint density at radius 3 is 1.20 bits per heavy atom. The number of amides is 4. The van der Waals surface area contributed by atoms with Crippen LogP contribution < -0.4 is 21.3 Å². The summed E-state index contributed by atoms with van der Waals surface area (Å²) in [7, 11) is -9.27. The van der Waals surface area contributed by atoms with Crippen molar-refractivity contribution in [2.45, 2.75) is 23.6 Å². The summed E-state index contributed by atoms with van der Waals surface area (Å²) in [5.41, 5.74) is 3.07. The third kappa shape index (κ3) is 8.08. The van der Waals surface area contributed by atoms with E-state index in [9.17, 15) is 50.5 Å². The van der Waals surface area contributed by atoms with Crippen molar-refractivity contribution in [2.24, 2.45) is 0 Å². The molecule has 0 unspecified atom stereocenters. The maximum atomic E-state index is 13.0. The number of benzene rings is 6. The number of imide groups is 2. The number of anilines is 4. The third-order valence-electron chi connectivity index (χ3n) is 8.33. The molecule has 6 rings (SSSR count). The fourth-order valence-electron chi connectivity index (χ4n) is 5.90. The molecular formula is C37H30N4O11S2. The van der Waals surface area contributed by atoms with Crippen LogP contribution in [0.2, 0.25) is 0 Å². The summed E-state index contributed by atoms with van der Waals surface area (Å²) in [5, 5.41) is 31.2. The van der Waals surface area contributed by atoms with Crippen molar-refractivity contribution in [3.63, 3.8) is 0 Å². The molecule has 15 nitrogen and oxygen atoms in total. The van der Waals surface area contributed by atoms with Gasteiger partial charge in [0.2, 0.25) is 0 Å². The highest BCUT2D eigenvalue weighted by atomic mass is 32.2. The molecule has 0 aromatic heterocycles. The first-order valence-corrected chi connectivity index (χ1v) is 18.6. The Morgan fingerprint density at radius 2 is 0.852 bits per heavy atom. The molecule has 4 amide bonds. The second-order valence-electron chi connectivity index (χ2n) is 12.3. The number of aromatic hydroxyl groups is 2. The predicted octanol–water partition coefficient (Wildman–Crippen LogP) is 6.28. The molecule has 0 saturated heterocycles. The lowest BCUT2D eigenvalue weighted by atomic mass is 10.1. The highest BCUT2D eigenvalue weighted by Crippen LogP contribution is 2.33. The first-order chi connectivity index (χ1) is 25.3. The average Bonchev–Trinajstić information content (AvgIpc) is 3.07. The minimum Gasteiger partial charge on any atom is -0.508 e. The van der Waals surface area contributed by atoms with Crippen LogP contribution in [0.15, 0.2) is 107 Å². The molecule has 17 heteroatoms. The molecule has 0 bridgehead atoms. The summed E-state index contributed by atoms with van der Waals surface area (Å²) in [6, 6.07) is 22.0. The van der Waals surface area contributed by atoms with Gasteiger partial charge < -0.3 is 20.8 Å². The van der Waals surface area contributed by atoms with Crippen LogP contribution in [0.3, 0.4) is 0 Å². The zero-order valence-corrected chi connectivity index (χ0v) is 29.8. The molecule has 8 N–H and O–H groups in total. The minimum atomic E-state index is -4.64. The lowest BCUT2D eigenvalue weighted by Crippen LogP contribution is -2.42. The van der Waals surface area contributed by atoms with E-state index in [1.165, 1.54) is 36.4 Å². The Hall–Kier alpha value is -6.53. The monoisotopic (exact) mass is 770 g/mol. The standard InChI is InChI=1S/C37H30N4O11S2/c1-19-11-23(38-25-5-3-21-13-27(42)17-33(31(21)15-25)53(47,48)49)7-9-29(19)35(44)40-37(46)41-36(45)30-10-8-24(12-20(30)2)39-26-6-4-22-14-28(43)18-34(32(22)16-26)54(50,51)52/h3-18,38-39,42-43H,1-2H3,(H,47,48,49)(H,50,51,52)(H2,40,41,44,45,46). The molecule has 0 atom stereocenters. The van der Waals surface area contributed by atoms with E-state index >= 15 is 0 Å². The van der Waals surface area contributed by atoms with Gasteiger partial charge >= 0.3 is 6.03 Å². The second kappa shape index (κ2) is 14.1. The molecule has 0 spiro atoms. The van der Waals surface area contributed by atoms with Crippen LogP contribution in [0.5, 0.6) is 11.5 Å². The lowest BCUT2D eigenvalue weighted by molar-refractivity contribution is 0.0944. The van der Waals surface area contributed by atoms with Crippen LogP contribution in [0.25, 0.3) is 21.5 Å². The van der Waals surface area contributed by atoms with Crippen LogP contribution in [0, 0.1) is 13.8 Å². The molecule has 6 aromatic rings. The van der Waals surface area contributed by atoms with Crippen molar-refractivity contribution < 1.29 is 50.5 Å². The normalized spacial score (nSPS) is 11.6. The van der Waals surface area contributed by atoms with Crippen molar-refractivity contribution in [2.75, 3.05) is 10.6 Å². The SMILES string of the molecule is Cc1cc(Nc2ccc3cc(O)cc(S(=O)(=O)O)c3c2)ccc1C(=O)NC(=O)NC(=O)c1ccc(Nc2ccc3cc(O)cc(S(=O)(=O)O)c3c2)cc1C. The molecule has 0 heterocycles. The average molecular weight is 771 g/mol. The number of phenolic OH excluding ortho intramolecular Hbond substituents is 2. The molecule has 0 aliphatic heterocycles. The van der Waals surface area contributed by atoms with Gasteiger partial charge in [-0.2, -0.15) is 16.8 Å². The molecule has 0 aliphatic rings. The number of rotatable bonds is 8. The highest BCUT2D eigenvalue weighted by Gasteiger charge is 2.20. The van der Waals surface area contributed by atoms with Gasteiger partial charge in [-0.15, -0.1) is 0 Å². The van der Waals surface area contributed by atoms with Gasteiger partial charge in [0, 0.05) is 56.8 Å². The summed E-state index contributed by atoms with van der Waals surface area (Å²) < 4.78 is 66.8. The Morgan fingerprint density at radius 1 is 0.500 bits per heavy atom. The second-order valence-corrected chi connectivity index (χ2v) is 15.0. The number of aryl methyl sites for hydroxylation is 2. The zero-order chi connectivity index (χ0) is 39.1. The van der Waals surface area contributed by atoms with Crippen molar-refractivity contribution >= 4 is 82.4 Å². The predicted molar refractivity (Wildman–Crippen MR) is 200 cm³/mol. The van der Waals surface area contributed by atoms with Crippen molar-refractivity contribution in [3.8, 4) is 11.5 Å². The summed E-state index contributed by atoms with van der Waals surface area (Å²) in [6.45, 7) is 3.25. The molecular weight excluding hydrogens is 741 g/mol. The number of nitrogens with one attached hydrogen (secondary N) is 4. The van der Waals surface area contributed by atoms with Crippen molar-refractivity contribution in [1.82, 2.24) is 10.6 Å². The first-order valence-electron chi connectivity index (χ1n) is 15.8. The number of urea groups is 1. The van der Waals surface area contributed by atoms with Gasteiger partial charge in [-0.1, -0.05) is 12.1 Å². The van der Waals surface area contributed by atoms with Gasteiger partial charge in [-0.25, -0.2) is 4.79 Å². The maximum Gasteiger partial charge on any atom is 0.328 e. The van der Waals surface area contributed by atoms with Gasteiger partial charge in [-0.05, 0) is 109 Å². The van der Waals surface area contributed by atoms with Gasteiger partial charge in [0.05, 0.1) is 0 Å². The van der Waals surface area contributed by atoms with E-state index in [0.717, 1.165) is 12.1 Å². The minimum absolute atomic E-state index is 0.131. The fraction of sp³-hybridized carbons (Fsp3) is 0.0541. The van der Waals surface area contributed by atoms with E-state index in [1.54, 1.807) is 62.4 Å². The molecule has 276 valence electrons. The Labute approximate surface area is 307 Å². The third-order valence-corrected chi connectivity index (χ3v) is 10.1. The Balaban J connectivity index is 1.10. The van der Waals surface area contributed by atoms with E-state index in [2.05, 4.69) is 21.3 Å². The highest BCUT2D eigenvalue weighted by molar-refractivity contribution is 7.86. The number of hydrogen-bond donors (Lipinski definition) is 8. The zero-order valence-electron chi connectivity index (χ0n) is 28.2. The summed E-state index contributed by atoms with van der Waals surface area (Å²) in [6.07, 6.45) is 0. The first kappa shape index (κ1) is 37.2. The molecule has 0 radical (unpaired) electrons. The van der Waals surface area contributed by atoms with Crippen LogP contribution in [0.1, 0.15) is 31.8 Å². The molecule has 54 heavy (non-hydrogen) atoms. The molecule has 0 aliphatic carbocycles. The van der Waals surface area contributed by atoms with E-state index in [1.807, 2.05) is 0 Å². The Kier molecular flexibility index (Phi) is 9.74. The van der Waals surface area contributed by atoms with E-state index < -0.39 is 47.9 Å². The van der Waals surface area contributed by atoms with Crippen molar-refractivity contribution in [1.29, 1.82) is 0 Å². The molecule has 6 aromatic carbocycles. The van der Waals surface area contributed by atoms with Crippen LogP contribution in [-0.4, -0.2) is 54.0 Å². The smallest absolute Gasteiger partial charge is 0.328 e. The number of carbonyl (C=O) groups excluding carboxylic acids is 3. The Bertz CT molecular complexity index is 2600. The van der Waals surface area contributed by atoms with Gasteiger partial charge in [0.25, 0.3) is 32.1 Å². The largest absolute Gasteiger partial charge is 0.508 e. The summed E-state index contributed by atoms with van der Waals surface area (Å²) in [5.74, 6) is -2.23. The van der Waals surface area contributed by atoms with Gasteiger partial charge in [0.1, 0.15) is 21.3 Å². The quantitative estimate of drug-likeness (QED) is 0.0795. The molecule has 0 fully saturated rings. The van der Waals surface area contributed by atoms with E-state index in [0.29, 0.717) is 44.6 Å². The fourth-order valence-corrected chi connectivity index (χ4v) is 7.35. The summed E-state index contributed by atoms with van der Waals surface area (Å²) in [4.78, 5) is 37.6. The van der Waals surface area contributed by atoms with Crippen LogP contribution >= 0.6 is 0 Å². The number of fused-ring (bicyclic) bond motifs is 2. The number of hydrogen-bond acceptors (Lipinski definition) is 11. The van der Waals surface area contributed by atoms with Crippen LogP contribution in [-0.2, 0) is 20.2 Å². The van der Waals surface area contributed by atoms with Gasteiger partial charge in [0.15, 0.2) is 0 Å². The number of phenols is 2. The maximum absolute atomic E-state index is 13.0. The van der Waals surface area contributed by atoms with E-state index in [-0.39, 0.29) is 33.4 Å². The number of carbonyl (C=O) groups is 3. The molecule has 0 saturated carbocycles.